The van der Waals surface area contributed by atoms with Gasteiger partial charge in [-0.25, -0.2) is 13.8 Å². The second-order valence-corrected chi connectivity index (χ2v) is 9.57. The lowest BCUT2D eigenvalue weighted by molar-refractivity contribution is -0.140. The quantitative estimate of drug-likeness (QED) is 0.152. The molecule has 3 heterocycles. The van der Waals surface area contributed by atoms with Gasteiger partial charge in [-0.1, -0.05) is 30.3 Å². The molecule has 5 rings (SSSR count). The number of ether oxygens (including phenoxy) is 1. The average Bonchev–Trinajstić information content (AvgIpc) is 3.57. The number of primary amides is 1. The Bertz CT molecular complexity index is 1830. The first-order chi connectivity index (χ1) is 19.8. The topological polar surface area (TPSA) is 107 Å². The molecule has 0 aliphatic carbocycles. The van der Waals surface area contributed by atoms with Crippen LogP contribution in [0.2, 0.25) is 0 Å². The van der Waals surface area contributed by atoms with Crippen LogP contribution in [0.1, 0.15) is 31.7 Å². The lowest BCUT2D eigenvalue weighted by atomic mass is 10.0. The van der Waals surface area contributed by atoms with Gasteiger partial charge in [0.2, 0.25) is 11.6 Å². The van der Waals surface area contributed by atoms with Gasteiger partial charge in [-0.3, -0.25) is 9.59 Å². The van der Waals surface area contributed by atoms with E-state index in [1.165, 1.54) is 12.1 Å². The first-order valence-corrected chi connectivity index (χ1v) is 12.4. The number of alkyl halides is 3. The molecule has 42 heavy (non-hydrogen) atoms. The van der Waals surface area contributed by atoms with Gasteiger partial charge in [-0.2, -0.15) is 22.0 Å². The van der Waals surface area contributed by atoms with Crippen LogP contribution in [-0.4, -0.2) is 16.8 Å². The number of furan rings is 1. The number of benzene rings is 2. The Labute approximate surface area is 234 Å². The highest BCUT2D eigenvalue weighted by Crippen LogP contribution is 2.43. The van der Waals surface area contributed by atoms with Gasteiger partial charge in [-0.05, 0) is 29.3 Å². The van der Waals surface area contributed by atoms with E-state index < -0.39 is 65.1 Å². The number of carbonyl (C=O) groups is 2. The fourth-order valence-electron chi connectivity index (χ4n) is 3.96. The molecule has 0 saturated carbocycles. The average molecular weight is 609 g/mol. The van der Waals surface area contributed by atoms with Crippen LogP contribution in [0.15, 0.2) is 59.0 Å². The molecule has 3 aromatic heterocycles. The number of halogens is 7. The first-order valence-electron chi connectivity index (χ1n) is 11.6. The summed E-state index contributed by atoms with van der Waals surface area (Å²) in [6.07, 6.45) is -4.83. The molecule has 0 unspecified atom stereocenters. The van der Waals surface area contributed by atoms with Crippen LogP contribution < -0.4 is 15.8 Å². The molecule has 0 saturated heterocycles. The summed E-state index contributed by atoms with van der Waals surface area (Å²) < 4.78 is 106. The highest BCUT2D eigenvalue weighted by molar-refractivity contribution is 7.21. The summed E-state index contributed by atoms with van der Waals surface area (Å²) in [5.41, 5.74) is 4.34. The minimum absolute atomic E-state index is 0.00397. The number of amides is 2. The molecule has 3 N–H and O–H groups in total. The molecule has 0 bridgehead atoms. The number of nitrogens with zero attached hydrogens (tertiary/aromatic N) is 1. The van der Waals surface area contributed by atoms with E-state index in [0.717, 1.165) is 18.2 Å². The Kier molecular flexibility index (Phi) is 7.36. The van der Waals surface area contributed by atoms with Gasteiger partial charge in [0.15, 0.2) is 23.1 Å². The molecule has 0 atom stereocenters. The van der Waals surface area contributed by atoms with Crippen molar-refractivity contribution >= 4 is 39.1 Å². The molecule has 0 aliphatic heterocycles. The molecule has 216 valence electrons. The lowest BCUT2D eigenvalue weighted by Gasteiger charge is -2.12. The molecule has 0 radical (unpaired) electrons. The second-order valence-electron chi connectivity index (χ2n) is 8.58. The molecular weight excluding hydrogens is 595 g/mol. The Morgan fingerprint density at radius 1 is 0.976 bits per heavy atom. The summed E-state index contributed by atoms with van der Waals surface area (Å²) in [4.78, 5) is 28.4. The van der Waals surface area contributed by atoms with Gasteiger partial charge in [-0.15, -0.1) is 11.3 Å². The molecule has 15 heteroatoms. The smallest absolute Gasteiger partial charge is 0.433 e. The van der Waals surface area contributed by atoms with E-state index in [-0.39, 0.29) is 38.2 Å². The largest absolute Gasteiger partial charge is 0.479 e. The van der Waals surface area contributed by atoms with Gasteiger partial charge in [0, 0.05) is 11.5 Å². The Hall–Kier alpha value is -4.92. The molecular formula is C27H14F7N3O4S. The monoisotopic (exact) mass is 609 g/mol. The molecule has 0 fully saturated rings. The molecule has 0 aliphatic rings. The fourth-order valence-corrected chi connectivity index (χ4v) is 4.96. The maximum Gasteiger partial charge on any atom is 0.433 e. The SMILES string of the molecule is NC(=O)c1sc2nc(C(F)(F)F)cc(-c3ccccc3)c2c1NC(=O)c1ccc(COc2c(F)c(F)cc(F)c2F)o1. The van der Waals surface area contributed by atoms with E-state index in [1.54, 1.807) is 18.2 Å². The summed E-state index contributed by atoms with van der Waals surface area (Å²) in [7, 11) is 0. The highest BCUT2D eigenvalue weighted by atomic mass is 32.1. The number of aromatic nitrogens is 1. The Morgan fingerprint density at radius 2 is 1.64 bits per heavy atom. The number of carbonyl (C=O) groups excluding carboxylic acids is 2. The summed E-state index contributed by atoms with van der Waals surface area (Å²) in [6, 6.07) is 10.9. The predicted octanol–water partition coefficient (Wildman–Crippen LogP) is 7.06. The van der Waals surface area contributed by atoms with E-state index in [1.807, 2.05) is 0 Å². The molecule has 7 nitrogen and oxygen atoms in total. The number of fused-ring (bicyclic) bond motifs is 1. The van der Waals surface area contributed by atoms with Crippen molar-refractivity contribution in [1.82, 2.24) is 4.98 Å². The minimum Gasteiger partial charge on any atom is -0.479 e. The van der Waals surface area contributed by atoms with Crippen molar-refractivity contribution in [3.8, 4) is 16.9 Å². The van der Waals surface area contributed by atoms with Gasteiger partial charge in [0.1, 0.15) is 27.8 Å². The van der Waals surface area contributed by atoms with E-state index in [9.17, 15) is 40.3 Å². The van der Waals surface area contributed by atoms with Crippen molar-refractivity contribution in [2.24, 2.45) is 5.73 Å². The third-order valence-corrected chi connectivity index (χ3v) is 6.91. The first kappa shape index (κ1) is 28.6. The van der Waals surface area contributed by atoms with E-state index >= 15 is 0 Å². The molecule has 2 amide bonds. The summed E-state index contributed by atoms with van der Waals surface area (Å²) in [6.45, 7) is -0.750. The standard InChI is InChI=1S/C27H14F7N3O4S/c28-14-9-15(29)20(31)22(19(14)30)40-10-12-6-7-16(41-12)25(39)37-21-18-13(11-4-2-1-3-5-11)8-17(27(32,33)34)36-26(18)42-23(21)24(35)38/h1-9H,10H2,(H2,35,38)(H,37,39). The van der Waals surface area contributed by atoms with Crippen LogP contribution in [0.25, 0.3) is 21.3 Å². The number of nitrogens with one attached hydrogen (secondary N) is 1. The zero-order valence-corrected chi connectivity index (χ0v) is 21.4. The van der Waals surface area contributed by atoms with Gasteiger partial charge < -0.3 is 20.2 Å². The molecule has 2 aromatic carbocycles. The number of hydrogen-bond donors (Lipinski definition) is 2. The highest BCUT2D eigenvalue weighted by Gasteiger charge is 2.35. The second kappa shape index (κ2) is 10.8. The lowest BCUT2D eigenvalue weighted by Crippen LogP contribution is -2.16. The van der Waals surface area contributed by atoms with Crippen LogP contribution in [0.3, 0.4) is 0 Å². The molecule has 5 aromatic rings. The zero-order valence-electron chi connectivity index (χ0n) is 20.6. The van der Waals surface area contributed by atoms with Crippen molar-refractivity contribution in [3.05, 3.63) is 100.0 Å². The number of anilines is 1. The van der Waals surface area contributed by atoms with Crippen LogP contribution in [0.5, 0.6) is 5.75 Å². The van der Waals surface area contributed by atoms with Gasteiger partial charge >= 0.3 is 6.18 Å². The van der Waals surface area contributed by atoms with Crippen molar-refractivity contribution < 1.29 is 49.5 Å². The summed E-state index contributed by atoms with van der Waals surface area (Å²) >= 11 is 0.541. The van der Waals surface area contributed by atoms with Crippen molar-refractivity contribution in [3.63, 3.8) is 0 Å². The summed E-state index contributed by atoms with van der Waals surface area (Å²) in [5.74, 6) is -10.9. The Balaban J connectivity index is 1.50. The van der Waals surface area contributed by atoms with Crippen LogP contribution in [-0.2, 0) is 12.8 Å². The maximum absolute atomic E-state index is 13.9. The van der Waals surface area contributed by atoms with Crippen molar-refractivity contribution in [2.45, 2.75) is 12.8 Å². The predicted molar refractivity (Wildman–Crippen MR) is 136 cm³/mol. The van der Waals surface area contributed by atoms with E-state index in [2.05, 4.69) is 10.3 Å². The normalized spacial score (nSPS) is 11.6. The Morgan fingerprint density at radius 3 is 2.26 bits per heavy atom. The number of rotatable bonds is 7. The maximum atomic E-state index is 13.9. The third-order valence-electron chi connectivity index (χ3n) is 5.82. The zero-order chi connectivity index (χ0) is 30.3. The van der Waals surface area contributed by atoms with Crippen molar-refractivity contribution in [1.29, 1.82) is 0 Å². The number of nitrogens with two attached hydrogens (primary N) is 1. The fraction of sp³-hybridized carbons (Fsp3) is 0.0741. The number of pyridine rings is 1. The molecule has 0 spiro atoms. The van der Waals surface area contributed by atoms with Crippen molar-refractivity contribution in [2.75, 3.05) is 5.32 Å². The number of hydrogen-bond acceptors (Lipinski definition) is 6. The van der Waals surface area contributed by atoms with Crippen LogP contribution >= 0.6 is 11.3 Å². The van der Waals surface area contributed by atoms with Crippen LogP contribution in [0, 0.1) is 23.3 Å². The minimum atomic E-state index is -4.83. The summed E-state index contributed by atoms with van der Waals surface area (Å²) in [5, 5.41) is 2.43. The third kappa shape index (κ3) is 5.37. The van der Waals surface area contributed by atoms with E-state index in [0.29, 0.717) is 16.9 Å². The van der Waals surface area contributed by atoms with Gasteiger partial charge in [0.05, 0.1) is 5.69 Å². The van der Waals surface area contributed by atoms with E-state index in [4.69, 9.17) is 14.9 Å². The van der Waals surface area contributed by atoms with Gasteiger partial charge in [0.25, 0.3) is 11.8 Å². The number of thiophene rings is 1. The van der Waals surface area contributed by atoms with Crippen LogP contribution in [0.4, 0.5) is 36.4 Å².